The summed E-state index contributed by atoms with van der Waals surface area (Å²) in [5.74, 6) is -0.800. The van der Waals surface area contributed by atoms with Crippen molar-refractivity contribution in [3.05, 3.63) is 29.6 Å². The molecule has 1 aliphatic carbocycles. The van der Waals surface area contributed by atoms with Crippen molar-refractivity contribution in [3.8, 4) is 0 Å². The quantitative estimate of drug-likeness (QED) is 0.365. The third-order valence-corrected chi connectivity index (χ3v) is 8.49. The van der Waals surface area contributed by atoms with Crippen LogP contribution in [-0.2, 0) is 14.3 Å². The molecule has 210 valence electrons. The molecule has 1 aromatic rings. The summed E-state index contributed by atoms with van der Waals surface area (Å²) in [4.78, 5) is 40.1. The summed E-state index contributed by atoms with van der Waals surface area (Å²) in [7, 11) is 2.21. The zero-order chi connectivity index (χ0) is 27.1. The number of nitrogens with zero attached hydrogens (tertiary/aromatic N) is 2. The van der Waals surface area contributed by atoms with Crippen LogP contribution in [0.5, 0.6) is 0 Å². The van der Waals surface area contributed by atoms with Crippen LogP contribution in [-0.4, -0.2) is 68.2 Å². The fraction of sp³-hybridized carbons (Fsp3) is 0.690. The zero-order valence-electron chi connectivity index (χ0n) is 22.8. The molecule has 38 heavy (non-hydrogen) atoms. The summed E-state index contributed by atoms with van der Waals surface area (Å²) in [6.45, 7) is 5.22. The minimum absolute atomic E-state index is 0.202. The van der Waals surface area contributed by atoms with E-state index in [2.05, 4.69) is 34.4 Å². The fourth-order valence-corrected chi connectivity index (χ4v) is 6.10. The van der Waals surface area contributed by atoms with Crippen LogP contribution in [0.2, 0.25) is 0 Å². The van der Waals surface area contributed by atoms with E-state index in [1.54, 1.807) is 6.07 Å². The van der Waals surface area contributed by atoms with Gasteiger partial charge < -0.3 is 19.9 Å². The second-order valence-corrected chi connectivity index (χ2v) is 11.2. The van der Waals surface area contributed by atoms with Gasteiger partial charge in [-0.2, -0.15) is 0 Å². The van der Waals surface area contributed by atoms with Gasteiger partial charge in [-0.05, 0) is 82.0 Å². The number of alkyl carbamates (subject to hydrolysis) is 1. The highest BCUT2D eigenvalue weighted by Gasteiger charge is 2.30. The topological polar surface area (TPSA) is 91.0 Å². The zero-order valence-corrected chi connectivity index (χ0v) is 22.8. The monoisotopic (exact) mass is 530 g/mol. The number of carbonyl (C=O) groups is 3. The number of unbranched alkanes of at least 4 members (excludes halogenated alkanes) is 1. The molecule has 0 aromatic heterocycles. The summed E-state index contributed by atoms with van der Waals surface area (Å²) < 4.78 is 20.3. The maximum Gasteiger partial charge on any atom is 0.407 e. The van der Waals surface area contributed by atoms with Crippen LogP contribution >= 0.6 is 0 Å². The van der Waals surface area contributed by atoms with Crippen molar-refractivity contribution in [3.63, 3.8) is 0 Å². The molecule has 1 atom stereocenters. The lowest BCUT2D eigenvalue weighted by molar-refractivity contribution is -0.134. The molecule has 1 aromatic carbocycles. The van der Waals surface area contributed by atoms with Gasteiger partial charge in [0.25, 0.3) is 0 Å². The number of rotatable bonds is 9. The Balaban J connectivity index is 1.19. The lowest BCUT2D eigenvalue weighted by Crippen LogP contribution is -2.45. The number of carbonyl (C=O) groups excluding carboxylic acids is 3. The van der Waals surface area contributed by atoms with E-state index in [1.807, 2.05) is 6.07 Å². The van der Waals surface area contributed by atoms with Gasteiger partial charge in [0.15, 0.2) is 0 Å². The first kappa shape index (κ1) is 28.3. The van der Waals surface area contributed by atoms with Gasteiger partial charge in [-0.25, -0.2) is 9.18 Å². The standard InChI is InChI=1S/C29H43FN4O4/c1-3-4-17-38-29(37)31-22-6-8-23(9-7-22)33(2)19-20-13-15-34(16-14-20)26-11-5-21(18-25(26)30)24-10-12-27(35)32-28(24)36/h5,11,18,20,22-24H,3-4,6-10,12-17,19H2,1-2H3,(H,31,37)(H,32,35,36). The number of imide groups is 1. The molecule has 2 saturated heterocycles. The molecule has 0 bridgehead atoms. The first-order valence-corrected chi connectivity index (χ1v) is 14.4. The SMILES string of the molecule is CCCCOC(=O)NC1CCC(N(C)CC2CCN(c3ccc(C4CCC(=O)NC4=O)cc3F)CC2)CC1. The first-order chi connectivity index (χ1) is 18.3. The Morgan fingerprint density at radius 2 is 1.87 bits per heavy atom. The van der Waals surface area contributed by atoms with E-state index in [1.165, 1.54) is 6.07 Å². The Morgan fingerprint density at radius 1 is 1.13 bits per heavy atom. The molecule has 3 aliphatic rings. The minimum Gasteiger partial charge on any atom is -0.450 e. The predicted octanol–water partition coefficient (Wildman–Crippen LogP) is 4.33. The molecule has 4 rings (SSSR count). The summed E-state index contributed by atoms with van der Waals surface area (Å²) in [6.07, 6.45) is 8.45. The Labute approximate surface area is 225 Å². The third kappa shape index (κ3) is 7.46. The Hall–Kier alpha value is -2.68. The third-order valence-electron chi connectivity index (χ3n) is 8.49. The van der Waals surface area contributed by atoms with Crippen LogP contribution in [0.3, 0.4) is 0 Å². The number of benzene rings is 1. The van der Waals surface area contributed by atoms with Crippen molar-refractivity contribution in [1.29, 1.82) is 0 Å². The fourth-order valence-electron chi connectivity index (χ4n) is 6.10. The number of piperidine rings is 2. The number of ether oxygens (including phenoxy) is 1. The maximum atomic E-state index is 15.0. The molecule has 0 radical (unpaired) electrons. The normalized spacial score (nSPS) is 24.8. The second-order valence-electron chi connectivity index (χ2n) is 11.2. The van der Waals surface area contributed by atoms with Crippen LogP contribution in [0.25, 0.3) is 0 Å². The molecular formula is C29H43FN4O4. The van der Waals surface area contributed by atoms with Gasteiger partial charge in [-0.3, -0.25) is 14.9 Å². The van der Waals surface area contributed by atoms with E-state index < -0.39 is 5.92 Å². The van der Waals surface area contributed by atoms with Crippen molar-refractivity contribution >= 4 is 23.6 Å². The van der Waals surface area contributed by atoms with Crippen LogP contribution < -0.4 is 15.5 Å². The first-order valence-electron chi connectivity index (χ1n) is 14.4. The molecule has 2 aliphatic heterocycles. The van der Waals surface area contributed by atoms with E-state index in [4.69, 9.17) is 4.74 Å². The van der Waals surface area contributed by atoms with Gasteiger partial charge in [0.2, 0.25) is 11.8 Å². The van der Waals surface area contributed by atoms with E-state index in [-0.39, 0.29) is 36.2 Å². The highest BCUT2D eigenvalue weighted by Crippen LogP contribution is 2.32. The minimum atomic E-state index is -0.469. The van der Waals surface area contributed by atoms with Crippen molar-refractivity contribution in [1.82, 2.24) is 15.5 Å². The molecule has 8 nitrogen and oxygen atoms in total. The number of hydrogen-bond donors (Lipinski definition) is 2. The van der Waals surface area contributed by atoms with Gasteiger partial charge in [0.05, 0.1) is 18.2 Å². The summed E-state index contributed by atoms with van der Waals surface area (Å²) in [5, 5.41) is 5.37. The van der Waals surface area contributed by atoms with E-state index in [0.29, 0.717) is 36.2 Å². The lowest BCUT2D eigenvalue weighted by atomic mass is 9.88. The van der Waals surface area contributed by atoms with Crippen LogP contribution in [0, 0.1) is 11.7 Å². The van der Waals surface area contributed by atoms with Crippen molar-refractivity contribution in [2.24, 2.45) is 5.92 Å². The number of hydrogen-bond acceptors (Lipinski definition) is 6. The highest BCUT2D eigenvalue weighted by molar-refractivity contribution is 6.00. The number of anilines is 1. The smallest absolute Gasteiger partial charge is 0.407 e. The molecule has 0 spiro atoms. The highest BCUT2D eigenvalue weighted by atomic mass is 19.1. The number of halogens is 1. The summed E-state index contributed by atoms with van der Waals surface area (Å²) in [6, 6.07) is 5.81. The van der Waals surface area contributed by atoms with Crippen molar-refractivity contribution in [2.75, 3.05) is 38.2 Å². The van der Waals surface area contributed by atoms with Crippen LogP contribution in [0.4, 0.5) is 14.9 Å². The van der Waals surface area contributed by atoms with Gasteiger partial charge in [-0.15, -0.1) is 0 Å². The molecule has 3 amide bonds. The van der Waals surface area contributed by atoms with E-state index in [0.717, 1.165) is 71.0 Å². The van der Waals surface area contributed by atoms with Gasteiger partial charge in [0.1, 0.15) is 5.82 Å². The molecule has 9 heteroatoms. The van der Waals surface area contributed by atoms with Crippen molar-refractivity contribution < 1.29 is 23.5 Å². The number of amides is 3. The largest absolute Gasteiger partial charge is 0.450 e. The van der Waals surface area contributed by atoms with Gasteiger partial charge >= 0.3 is 6.09 Å². The summed E-state index contributed by atoms with van der Waals surface area (Å²) in [5.41, 5.74) is 1.22. The predicted molar refractivity (Wildman–Crippen MR) is 145 cm³/mol. The lowest BCUT2D eigenvalue weighted by Gasteiger charge is -2.39. The maximum absolute atomic E-state index is 15.0. The average Bonchev–Trinajstić information content (AvgIpc) is 2.90. The molecule has 1 saturated carbocycles. The Bertz CT molecular complexity index is 973. The molecule has 2 N–H and O–H groups in total. The molecule has 2 heterocycles. The Kier molecular flexibility index (Phi) is 9.99. The average molecular weight is 531 g/mol. The van der Waals surface area contributed by atoms with E-state index in [9.17, 15) is 14.4 Å². The molecular weight excluding hydrogens is 487 g/mol. The molecule has 1 unspecified atom stereocenters. The van der Waals surface area contributed by atoms with Crippen LogP contribution in [0.1, 0.15) is 82.6 Å². The number of nitrogens with one attached hydrogen (secondary N) is 2. The summed E-state index contributed by atoms with van der Waals surface area (Å²) >= 11 is 0. The molecule has 3 fully saturated rings. The van der Waals surface area contributed by atoms with Gasteiger partial charge in [0, 0.05) is 38.1 Å². The van der Waals surface area contributed by atoms with Gasteiger partial charge in [-0.1, -0.05) is 19.4 Å². The Morgan fingerprint density at radius 3 is 2.53 bits per heavy atom. The van der Waals surface area contributed by atoms with Crippen LogP contribution in [0.15, 0.2) is 18.2 Å². The second kappa shape index (κ2) is 13.4. The van der Waals surface area contributed by atoms with E-state index >= 15 is 4.39 Å². The van der Waals surface area contributed by atoms with Crippen molar-refractivity contribution in [2.45, 2.75) is 89.1 Å².